The quantitative estimate of drug-likeness (QED) is 0.763. The zero-order chi connectivity index (χ0) is 18.7. The van der Waals surface area contributed by atoms with Crippen LogP contribution in [-0.4, -0.2) is 34.9 Å². The van der Waals surface area contributed by atoms with Crippen LogP contribution in [0.4, 0.5) is 5.69 Å². The van der Waals surface area contributed by atoms with E-state index in [1.54, 1.807) is 50.5 Å². The van der Waals surface area contributed by atoms with Crippen molar-refractivity contribution in [3.05, 3.63) is 54.0 Å². The van der Waals surface area contributed by atoms with Crippen LogP contribution in [-0.2, 0) is 7.05 Å². The number of ether oxygens (including phenoxy) is 2. The van der Waals surface area contributed by atoms with Crippen LogP contribution >= 0.6 is 0 Å². The highest BCUT2D eigenvalue weighted by Gasteiger charge is 2.18. The van der Waals surface area contributed by atoms with E-state index in [2.05, 4.69) is 15.4 Å². The Morgan fingerprint density at radius 2 is 1.96 bits per heavy atom. The lowest BCUT2D eigenvalue weighted by atomic mass is 10.1. The van der Waals surface area contributed by atoms with Crippen LogP contribution in [0.15, 0.2) is 42.7 Å². The topological polar surface area (TPSA) is 78.3 Å². The molecule has 2 heterocycles. The molecule has 0 bridgehead atoms. The fourth-order valence-corrected chi connectivity index (χ4v) is 2.64. The Labute approximate surface area is 151 Å². The van der Waals surface area contributed by atoms with Gasteiger partial charge in [0.15, 0.2) is 5.69 Å². The number of hydrogen-bond acceptors (Lipinski definition) is 5. The number of pyridine rings is 1. The molecule has 3 aromatic rings. The van der Waals surface area contributed by atoms with E-state index in [-0.39, 0.29) is 5.91 Å². The number of rotatable bonds is 5. The van der Waals surface area contributed by atoms with Gasteiger partial charge in [-0.15, -0.1) is 0 Å². The zero-order valence-corrected chi connectivity index (χ0v) is 15.1. The molecule has 0 aliphatic heterocycles. The average Bonchev–Trinajstić information content (AvgIpc) is 3.04. The molecular formula is C19H20N4O3. The number of aromatic nitrogens is 3. The lowest BCUT2D eigenvalue weighted by molar-refractivity contribution is 0.102. The van der Waals surface area contributed by atoms with E-state index >= 15 is 0 Å². The molecule has 2 aromatic heterocycles. The van der Waals surface area contributed by atoms with Gasteiger partial charge in [0.1, 0.15) is 11.5 Å². The summed E-state index contributed by atoms with van der Waals surface area (Å²) >= 11 is 0. The number of benzene rings is 1. The lowest BCUT2D eigenvalue weighted by Gasteiger charge is -2.10. The van der Waals surface area contributed by atoms with Crippen LogP contribution in [0.25, 0.3) is 11.3 Å². The van der Waals surface area contributed by atoms with E-state index in [9.17, 15) is 4.79 Å². The van der Waals surface area contributed by atoms with Crippen molar-refractivity contribution < 1.29 is 14.3 Å². The number of nitrogens with one attached hydrogen (secondary N) is 1. The van der Waals surface area contributed by atoms with E-state index in [1.165, 1.54) is 0 Å². The molecule has 0 aliphatic carbocycles. The molecule has 7 nitrogen and oxygen atoms in total. The molecule has 0 saturated carbocycles. The monoisotopic (exact) mass is 352 g/mol. The van der Waals surface area contributed by atoms with Crippen molar-refractivity contribution in [2.24, 2.45) is 7.05 Å². The number of methoxy groups -OCH3 is 2. The Kier molecular flexibility index (Phi) is 4.88. The van der Waals surface area contributed by atoms with Crippen LogP contribution in [0.2, 0.25) is 0 Å². The molecule has 0 spiro atoms. The minimum absolute atomic E-state index is 0.289. The molecule has 1 amide bonds. The Hall–Kier alpha value is -3.35. The number of amides is 1. The third-order valence-corrected chi connectivity index (χ3v) is 4.06. The maximum atomic E-state index is 12.6. The molecule has 1 N–H and O–H groups in total. The van der Waals surface area contributed by atoms with E-state index in [1.807, 2.05) is 25.1 Å². The van der Waals surface area contributed by atoms with Gasteiger partial charge in [0.2, 0.25) is 0 Å². The van der Waals surface area contributed by atoms with Gasteiger partial charge in [0.25, 0.3) is 5.91 Å². The summed E-state index contributed by atoms with van der Waals surface area (Å²) in [4.78, 5) is 16.6. The van der Waals surface area contributed by atoms with Gasteiger partial charge in [0, 0.05) is 30.7 Å². The maximum absolute atomic E-state index is 12.6. The lowest BCUT2D eigenvalue weighted by Crippen LogP contribution is -2.13. The number of hydrogen-bond donors (Lipinski definition) is 1. The van der Waals surface area contributed by atoms with Gasteiger partial charge in [-0.1, -0.05) is 0 Å². The molecule has 0 saturated heterocycles. The molecule has 26 heavy (non-hydrogen) atoms. The van der Waals surface area contributed by atoms with Crippen molar-refractivity contribution in [3.8, 4) is 22.8 Å². The maximum Gasteiger partial charge on any atom is 0.276 e. The van der Waals surface area contributed by atoms with E-state index in [0.717, 1.165) is 16.8 Å². The minimum atomic E-state index is -0.289. The zero-order valence-electron chi connectivity index (χ0n) is 15.1. The molecule has 7 heteroatoms. The Morgan fingerprint density at radius 1 is 1.15 bits per heavy atom. The van der Waals surface area contributed by atoms with Gasteiger partial charge in [-0.25, -0.2) is 0 Å². The fourth-order valence-electron chi connectivity index (χ4n) is 2.64. The van der Waals surface area contributed by atoms with E-state index in [0.29, 0.717) is 22.9 Å². The molecular weight excluding hydrogens is 332 g/mol. The molecule has 0 aliphatic rings. The predicted octanol–water partition coefficient (Wildman–Crippen LogP) is 3.06. The van der Waals surface area contributed by atoms with Gasteiger partial charge >= 0.3 is 0 Å². The second-order valence-electron chi connectivity index (χ2n) is 5.75. The summed E-state index contributed by atoms with van der Waals surface area (Å²) in [6.07, 6.45) is 3.33. The second-order valence-corrected chi connectivity index (χ2v) is 5.75. The molecule has 0 radical (unpaired) electrons. The van der Waals surface area contributed by atoms with Crippen LogP contribution in [0.1, 0.15) is 16.1 Å². The molecule has 1 aromatic carbocycles. The average molecular weight is 352 g/mol. The first-order valence-corrected chi connectivity index (χ1v) is 8.02. The normalized spacial score (nSPS) is 10.5. The molecule has 0 unspecified atom stereocenters. The van der Waals surface area contributed by atoms with Crippen LogP contribution < -0.4 is 14.8 Å². The van der Waals surface area contributed by atoms with Crippen molar-refractivity contribution in [2.75, 3.05) is 19.5 Å². The minimum Gasteiger partial charge on any atom is -0.497 e. The fraction of sp³-hybridized carbons (Fsp3) is 0.211. The van der Waals surface area contributed by atoms with Crippen molar-refractivity contribution in [2.45, 2.75) is 6.92 Å². The highest BCUT2D eigenvalue weighted by Crippen LogP contribution is 2.33. The van der Waals surface area contributed by atoms with Crippen molar-refractivity contribution >= 4 is 11.6 Å². The SMILES string of the molecule is COc1ccc(OC)c(-c2cc(C(=O)Nc3ccncc3C)nn2C)c1. The van der Waals surface area contributed by atoms with Crippen LogP contribution in [0.3, 0.4) is 0 Å². The third-order valence-electron chi connectivity index (χ3n) is 4.06. The van der Waals surface area contributed by atoms with Crippen LogP contribution in [0, 0.1) is 6.92 Å². The summed E-state index contributed by atoms with van der Waals surface area (Å²) in [5, 5.41) is 7.20. The molecule has 0 fully saturated rings. The predicted molar refractivity (Wildman–Crippen MR) is 98.7 cm³/mol. The second kappa shape index (κ2) is 7.26. The van der Waals surface area contributed by atoms with Crippen molar-refractivity contribution in [1.82, 2.24) is 14.8 Å². The Bertz CT molecular complexity index is 950. The number of carbonyl (C=O) groups is 1. The molecule has 134 valence electrons. The smallest absolute Gasteiger partial charge is 0.276 e. The number of nitrogens with zero attached hydrogens (tertiary/aromatic N) is 3. The summed E-state index contributed by atoms with van der Waals surface area (Å²) in [5.74, 6) is 1.08. The first kappa shape index (κ1) is 17.5. The first-order valence-electron chi connectivity index (χ1n) is 8.02. The summed E-state index contributed by atoms with van der Waals surface area (Å²) in [5.41, 5.74) is 3.43. The summed E-state index contributed by atoms with van der Waals surface area (Å²) in [6, 6.07) is 8.97. The third kappa shape index (κ3) is 3.37. The van der Waals surface area contributed by atoms with Crippen molar-refractivity contribution in [3.63, 3.8) is 0 Å². The Morgan fingerprint density at radius 3 is 2.65 bits per heavy atom. The first-order chi connectivity index (χ1) is 12.5. The highest BCUT2D eigenvalue weighted by atomic mass is 16.5. The number of aryl methyl sites for hydroxylation is 2. The largest absolute Gasteiger partial charge is 0.497 e. The van der Waals surface area contributed by atoms with Crippen molar-refractivity contribution in [1.29, 1.82) is 0 Å². The summed E-state index contributed by atoms with van der Waals surface area (Å²) in [7, 11) is 4.98. The Balaban J connectivity index is 1.95. The van der Waals surface area contributed by atoms with Gasteiger partial charge < -0.3 is 14.8 Å². The number of anilines is 1. The van der Waals surface area contributed by atoms with Gasteiger partial charge in [-0.2, -0.15) is 5.10 Å². The van der Waals surface area contributed by atoms with Crippen LogP contribution in [0.5, 0.6) is 11.5 Å². The molecule has 0 atom stereocenters. The van der Waals surface area contributed by atoms with E-state index < -0.39 is 0 Å². The van der Waals surface area contributed by atoms with E-state index in [4.69, 9.17) is 9.47 Å². The summed E-state index contributed by atoms with van der Waals surface area (Å²) < 4.78 is 12.4. The number of carbonyl (C=O) groups excluding carboxylic acids is 1. The standard InChI is InChI=1S/C19H20N4O3/c1-12-11-20-8-7-15(12)21-19(24)16-10-17(23(2)22-16)14-9-13(25-3)5-6-18(14)26-4/h5-11H,1-4H3,(H,20,21,24). The van der Waals surface area contributed by atoms with Gasteiger partial charge in [-0.05, 0) is 42.8 Å². The van der Waals surface area contributed by atoms with Gasteiger partial charge in [0.05, 0.1) is 19.9 Å². The highest BCUT2D eigenvalue weighted by molar-refractivity contribution is 6.03. The molecule has 3 rings (SSSR count). The van der Waals surface area contributed by atoms with Gasteiger partial charge in [-0.3, -0.25) is 14.5 Å². The summed E-state index contributed by atoms with van der Waals surface area (Å²) in [6.45, 7) is 1.88.